The van der Waals surface area contributed by atoms with E-state index in [1.807, 2.05) is 32.1 Å². The normalized spacial score (nSPS) is 16.4. The minimum Gasteiger partial charge on any atom is -0.493 e. The monoisotopic (exact) mass is 478 g/mol. The van der Waals surface area contributed by atoms with Crippen LogP contribution in [0.4, 0.5) is 0 Å². The largest absolute Gasteiger partial charge is 0.493 e. The molecule has 0 spiro atoms. The third-order valence-corrected chi connectivity index (χ3v) is 5.65. The predicted octanol–water partition coefficient (Wildman–Crippen LogP) is 5.31. The SMILES string of the molecule is CC=CC=CC(=O)N1CCc2ccc(OCCc3nc(/C=C/C(C)(C)C)oc3C)cc2C1C(=O)O. The third kappa shape index (κ3) is 6.94. The molecule has 3 rings (SSSR count). The molecule has 0 fully saturated rings. The number of carboxylic acid groups (broad SMARTS) is 1. The van der Waals surface area contributed by atoms with Crippen LogP contribution in [0.15, 0.2) is 53.0 Å². The van der Waals surface area contributed by atoms with Crippen LogP contribution in [-0.2, 0) is 22.4 Å². The maximum absolute atomic E-state index is 12.6. The quantitative estimate of drug-likeness (QED) is 0.408. The zero-order chi connectivity index (χ0) is 25.6. The van der Waals surface area contributed by atoms with Gasteiger partial charge in [0.2, 0.25) is 11.8 Å². The Bertz CT molecular complexity index is 1150. The molecule has 1 atom stereocenters. The topological polar surface area (TPSA) is 92.9 Å². The number of carboxylic acids is 1. The van der Waals surface area contributed by atoms with E-state index in [0.717, 1.165) is 17.0 Å². The van der Waals surface area contributed by atoms with Crippen LogP contribution in [0.1, 0.15) is 62.2 Å². The van der Waals surface area contributed by atoms with Crippen LogP contribution >= 0.6 is 0 Å². The summed E-state index contributed by atoms with van der Waals surface area (Å²) in [6.45, 7) is 10.8. The standard InChI is InChI=1S/C28H34N2O5/c1-6-7-8-9-25(31)30-16-13-20-10-11-21(18-22(20)26(30)27(32)33)34-17-14-23-19(2)35-24(29-23)12-15-28(3,4)5/h6-12,15,18,26H,13-14,16-17H2,1-5H3,(H,32,33)/b7-6?,9-8?,15-12+. The number of carbonyl (C=O) groups is 2. The van der Waals surface area contributed by atoms with Crippen molar-refractivity contribution in [1.82, 2.24) is 9.88 Å². The Kier molecular flexibility index (Phi) is 8.33. The van der Waals surface area contributed by atoms with E-state index in [1.165, 1.54) is 11.0 Å². The number of allylic oxidation sites excluding steroid dienone is 4. The average Bonchev–Trinajstić information content (AvgIpc) is 3.15. The number of aromatic nitrogens is 1. The summed E-state index contributed by atoms with van der Waals surface area (Å²) >= 11 is 0. The first-order valence-corrected chi connectivity index (χ1v) is 11.8. The van der Waals surface area contributed by atoms with Crippen LogP contribution < -0.4 is 4.74 Å². The second-order valence-corrected chi connectivity index (χ2v) is 9.62. The molecule has 1 amide bonds. The molecule has 1 aliphatic heterocycles. The fraction of sp³-hybridized carbons (Fsp3) is 0.393. The number of fused-ring (bicyclic) bond motifs is 1. The maximum Gasteiger partial charge on any atom is 0.331 e. The molecular formula is C28H34N2O5. The summed E-state index contributed by atoms with van der Waals surface area (Å²) in [4.78, 5) is 30.7. The number of benzene rings is 1. The van der Waals surface area contributed by atoms with Gasteiger partial charge in [-0.3, -0.25) is 4.79 Å². The number of nitrogens with zero attached hydrogens (tertiary/aromatic N) is 2. The summed E-state index contributed by atoms with van der Waals surface area (Å²) in [7, 11) is 0. The van der Waals surface area contributed by atoms with E-state index in [1.54, 1.807) is 24.3 Å². The van der Waals surface area contributed by atoms with Crippen molar-refractivity contribution < 1.29 is 23.8 Å². The maximum atomic E-state index is 12.6. The van der Waals surface area contributed by atoms with Gasteiger partial charge in [-0.15, -0.1) is 0 Å². The Morgan fingerprint density at radius 3 is 2.74 bits per heavy atom. The van der Waals surface area contributed by atoms with Gasteiger partial charge >= 0.3 is 5.97 Å². The Labute approximate surface area is 206 Å². The molecule has 1 aliphatic rings. The van der Waals surface area contributed by atoms with Crippen molar-refractivity contribution in [3.8, 4) is 5.75 Å². The summed E-state index contributed by atoms with van der Waals surface area (Å²) < 4.78 is 11.7. The lowest BCUT2D eigenvalue weighted by molar-refractivity contribution is -0.149. The lowest BCUT2D eigenvalue weighted by Gasteiger charge is -2.34. The van der Waals surface area contributed by atoms with Crippen LogP contribution in [-0.4, -0.2) is 40.0 Å². The summed E-state index contributed by atoms with van der Waals surface area (Å²) in [5.41, 5.74) is 2.36. The number of amides is 1. The number of aliphatic carboxylic acids is 1. The van der Waals surface area contributed by atoms with Gasteiger partial charge in [0, 0.05) is 19.0 Å². The molecule has 186 valence electrons. The first kappa shape index (κ1) is 26.0. The van der Waals surface area contributed by atoms with Gasteiger partial charge in [-0.2, -0.15) is 0 Å². The number of ether oxygens (including phenoxy) is 1. The van der Waals surface area contributed by atoms with Gasteiger partial charge in [0.1, 0.15) is 11.5 Å². The molecule has 7 heteroatoms. The van der Waals surface area contributed by atoms with Crippen molar-refractivity contribution in [3.05, 3.63) is 77.1 Å². The van der Waals surface area contributed by atoms with Crippen molar-refractivity contribution in [2.24, 2.45) is 5.41 Å². The fourth-order valence-electron chi connectivity index (χ4n) is 3.87. The zero-order valence-corrected chi connectivity index (χ0v) is 21.1. The van der Waals surface area contributed by atoms with Crippen LogP contribution in [0.25, 0.3) is 6.08 Å². The van der Waals surface area contributed by atoms with Crippen LogP contribution in [0.5, 0.6) is 5.75 Å². The number of hydrogen-bond donors (Lipinski definition) is 1. The first-order chi connectivity index (χ1) is 16.6. The molecule has 0 radical (unpaired) electrons. The van der Waals surface area contributed by atoms with Crippen LogP contribution in [0.2, 0.25) is 0 Å². The van der Waals surface area contributed by atoms with Gasteiger partial charge < -0.3 is 19.2 Å². The summed E-state index contributed by atoms with van der Waals surface area (Å²) in [6, 6.07) is 4.40. The molecule has 1 N–H and O–H groups in total. The molecule has 35 heavy (non-hydrogen) atoms. The molecule has 0 bridgehead atoms. The van der Waals surface area contributed by atoms with Crippen molar-refractivity contribution >= 4 is 18.0 Å². The van der Waals surface area contributed by atoms with E-state index in [0.29, 0.717) is 43.2 Å². The van der Waals surface area contributed by atoms with Gasteiger partial charge in [-0.05, 0) is 55.0 Å². The van der Waals surface area contributed by atoms with Gasteiger partial charge in [0.25, 0.3) is 0 Å². The molecule has 2 heterocycles. The third-order valence-electron chi connectivity index (χ3n) is 5.65. The number of aryl methyl sites for hydroxylation is 1. The second-order valence-electron chi connectivity index (χ2n) is 9.62. The van der Waals surface area contributed by atoms with Gasteiger partial charge in [0.05, 0.1) is 12.3 Å². The van der Waals surface area contributed by atoms with E-state index >= 15 is 0 Å². The van der Waals surface area contributed by atoms with Crippen LogP contribution in [0, 0.1) is 12.3 Å². The van der Waals surface area contributed by atoms with Crippen LogP contribution in [0.3, 0.4) is 0 Å². The molecule has 1 unspecified atom stereocenters. The Morgan fingerprint density at radius 2 is 2.06 bits per heavy atom. The smallest absolute Gasteiger partial charge is 0.331 e. The van der Waals surface area contributed by atoms with Crippen molar-refractivity contribution in [1.29, 1.82) is 0 Å². The van der Waals surface area contributed by atoms with Gasteiger partial charge in [-0.1, -0.05) is 51.1 Å². The number of rotatable bonds is 8. The van der Waals surface area contributed by atoms with E-state index in [9.17, 15) is 14.7 Å². The fourth-order valence-corrected chi connectivity index (χ4v) is 3.87. The molecule has 0 saturated heterocycles. The Balaban J connectivity index is 1.71. The highest BCUT2D eigenvalue weighted by Crippen LogP contribution is 2.33. The van der Waals surface area contributed by atoms with Gasteiger partial charge in [0.15, 0.2) is 6.04 Å². The number of hydrogen-bond acceptors (Lipinski definition) is 5. The highest BCUT2D eigenvalue weighted by atomic mass is 16.5. The molecular weight excluding hydrogens is 444 g/mol. The number of oxazole rings is 1. The Morgan fingerprint density at radius 1 is 1.29 bits per heavy atom. The average molecular weight is 479 g/mol. The van der Waals surface area contributed by atoms with E-state index < -0.39 is 12.0 Å². The zero-order valence-electron chi connectivity index (χ0n) is 21.1. The highest BCUT2D eigenvalue weighted by molar-refractivity contribution is 5.92. The number of carbonyl (C=O) groups excluding carboxylic acids is 1. The highest BCUT2D eigenvalue weighted by Gasteiger charge is 2.35. The molecule has 1 aromatic carbocycles. The first-order valence-electron chi connectivity index (χ1n) is 11.8. The predicted molar refractivity (Wildman–Crippen MR) is 135 cm³/mol. The molecule has 1 aromatic heterocycles. The second kappa shape index (κ2) is 11.2. The molecule has 0 saturated carbocycles. The van der Waals surface area contributed by atoms with Gasteiger partial charge in [-0.25, -0.2) is 9.78 Å². The lowest BCUT2D eigenvalue weighted by Crippen LogP contribution is -2.42. The van der Waals surface area contributed by atoms with E-state index in [-0.39, 0.29) is 11.3 Å². The van der Waals surface area contributed by atoms with Crippen molar-refractivity contribution in [3.63, 3.8) is 0 Å². The summed E-state index contributed by atoms with van der Waals surface area (Å²) in [5, 5.41) is 9.92. The summed E-state index contributed by atoms with van der Waals surface area (Å²) in [6.07, 6.45) is 11.6. The Hall–Kier alpha value is -3.61. The molecule has 0 aliphatic carbocycles. The lowest BCUT2D eigenvalue weighted by atomic mass is 9.92. The minimum atomic E-state index is -1.06. The molecule has 2 aromatic rings. The molecule has 7 nitrogen and oxygen atoms in total. The van der Waals surface area contributed by atoms with E-state index in [4.69, 9.17) is 9.15 Å². The minimum absolute atomic E-state index is 0.0367. The summed E-state index contributed by atoms with van der Waals surface area (Å²) in [5.74, 6) is 0.482. The van der Waals surface area contributed by atoms with Crippen molar-refractivity contribution in [2.75, 3.05) is 13.2 Å². The van der Waals surface area contributed by atoms with E-state index in [2.05, 4.69) is 31.8 Å². The van der Waals surface area contributed by atoms with Crippen molar-refractivity contribution in [2.45, 2.75) is 53.5 Å².